The standard InChI is InChI=1S/C20H32N4O2/c1-14-6-4-5-7-18(14)23-20(25)22-11-17-8-9-19(21-10-17)24-12-15(2)26-16(3)13-24/h8-10,14-16,18H,4-7,11-13H2,1-3H3,(H2,22,23,25). The molecule has 4 unspecified atom stereocenters. The third-order valence-corrected chi connectivity index (χ3v) is 5.43. The van der Waals surface area contributed by atoms with Gasteiger partial charge in [0.2, 0.25) is 0 Å². The van der Waals surface area contributed by atoms with Gasteiger partial charge >= 0.3 is 6.03 Å². The van der Waals surface area contributed by atoms with Gasteiger partial charge in [0.15, 0.2) is 0 Å². The number of hydrogen-bond acceptors (Lipinski definition) is 4. The summed E-state index contributed by atoms with van der Waals surface area (Å²) in [5.41, 5.74) is 1.01. The summed E-state index contributed by atoms with van der Waals surface area (Å²) in [4.78, 5) is 19.0. The fourth-order valence-corrected chi connectivity index (χ4v) is 4.01. The zero-order valence-electron chi connectivity index (χ0n) is 16.2. The normalized spacial score (nSPS) is 29.3. The number of aromatic nitrogens is 1. The van der Waals surface area contributed by atoms with Crippen LogP contribution in [0.25, 0.3) is 0 Å². The summed E-state index contributed by atoms with van der Waals surface area (Å²) >= 11 is 0. The minimum atomic E-state index is -0.0799. The number of nitrogens with zero attached hydrogens (tertiary/aromatic N) is 2. The molecule has 1 aromatic rings. The summed E-state index contributed by atoms with van der Waals surface area (Å²) < 4.78 is 5.77. The molecule has 0 spiro atoms. The second-order valence-electron chi connectivity index (χ2n) is 7.88. The molecule has 4 atom stereocenters. The Morgan fingerprint density at radius 2 is 1.92 bits per heavy atom. The summed E-state index contributed by atoms with van der Waals surface area (Å²) in [7, 11) is 0. The van der Waals surface area contributed by atoms with Crippen LogP contribution in [-0.2, 0) is 11.3 Å². The second kappa shape index (κ2) is 8.71. The highest BCUT2D eigenvalue weighted by Gasteiger charge is 2.24. The highest BCUT2D eigenvalue weighted by atomic mass is 16.5. The van der Waals surface area contributed by atoms with Gasteiger partial charge in [-0.05, 0) is 44.2 Å². The molecule has 6 heteroatoms. The lowest BCUT2D eigenvalue weighted by Gasteiger charge is -2.36. The van der Waals surface area contributed by atoms with Crippen molar-refractivity contribution in [1.82, 2.24) is 15.6 Å². The molecule has 6 nitrogen and oxygen atoms in total. The van der Waals surface area contributed by atoms with Crippen LogP contribution in [0.4, 0.5) is 10.6 Å². The average molecular weight is 361 g/mol. The van der Waals surface area contributed by atoms with Crippen LogP contribution in [0, 0.1) is 5.92 Å². The molecule has 1 aliphatic heterocycles. The third kappa shape index (κ3) is 5.10. The first-order valence-electron chi connectivity index (χ1n) is 9.91. The van der Waals surface area contributed by atoms with Gasteiger partial charge in [-0.3, -0.25) is 0 Å². The van der Waals surface area contributed by atoms with Crippen molar-refractivity contribution in [1.29, 1.82) is 0 Å². The number of ether oxygens (including phenoxy) is 1. The van der Waals surface area contributed by atoms with Crippen LogP contribution in [0.2, 0.25) is 0 Å². The van der Waals surface area contributed by atoms with Crippen LogP contribution in [0.15, 0.2) is 18.3 Å². The van der Waals surface area contributed by atoms with Gasteiger partial charge in [0, 0.05) is 31.9 Å². The number of carbonyl (C=O) groups is 1. The minimum absolute atomic E-state index is 0.0799. The van der Waals surface area contributed by atoms with Crippen LogP contribution in [0.1, 0.15) is 52.0 Å². The van der Waals surface area contributed by atoms with E-state index in [4.69, 9.17) is 4.74 Å². The van der Waals surface area contributed by atoms with Crippen molar-refractivity contribution in [3.63, 3.8) is 0 Å². The highest BCUT2D eigenvalue weighted by molar-refractivity contribution is 5.74. The lowest BCUT2D eigenvalue weighted by atomic mass is 9.86. The van der Waals surface area contributed by atoms with Crippen LogP contribution >= 0.6 is 0 Å². The quantitative estimate of drug-likeness (QED) is 0.866. The number of carbonyl (C=O) groups excluding carboxylic acids is 1. The molecule has 0 radical (unpaired) electrons. The molecule has 1 saturated carbocycles. The molecule has 2 fully saturated rings. The SMILES string of the molecule is CC1CN(c2ccc(CNC(=O)NC3CCCCC3C)cn2)CC(C)O1. The Kier molecular flexibility index (Phi) is 6.35. The molecule has 2 aliphatic rings. The summed E-state index contributed by atoms with van der Waals surface area (Å²) in [5.74, 6) is 1.53. The van der Waals surface area contributed by atoms with Crippen molar-refractivity contribution in [2.24, 2.45) is 5.92 Å². The Morgan fingerprint density at radius 1 is 1.19 bits per heavy atom. The zero-order chi connectivity index (χ0) is 18.5. The van der Waals surface area contributed by atoms with E-state index in [0.717, 1.165) is 30.9 Å². The summed E-state index contributed by atoms with van der Waals surface area (Å²) in [5, 5.41) is 6.08. The van der Waals surface area contributed by atoms with Gasteiger partial charge in [0.1, 0.15) is 5.82 Å². The van der Waals surface area contributed by atoms with Crippen LogP contribution in [0.5, 0.6) is 0 Å². The molecule has 1 saturated heterocycles. The van der Waals surface area contributed by atoms with Crippen molar-refractivity contribution in [3.05, 3.63) is 23.9 Å². The predicted octanol–water partition coefficient (Wildman–Crippen LogP) is 3.07. The zero-order valence-corrected chi connectivity index (χ0v) is 16.2. The molecule has 2 amide bonds. The van der Waals surface area contributed by atoms with Crippen molar-refractivity contribution in [2.75, 3.05) is 18.0 Å². The van der Waals surface area contributed by atoms with Crippen molar-refractivity contribution < 1.29 is 9.53 Å². The maximum Gasteiger partial charge on any atom is 0.315 e. The number of morpholine rings is 1. The number of nitrogens with one attached hydrogen (secondary N) is 2. The minimum Gasteiger partial charge on any atom is -0.372 e. The van der Waals surface area contributed by atoms with Gasteiger partial charge in [-0.25, -0.2) is 9.78 Å². The molecular weight excluding hydrogens is 328 g/mol. The summed E-state index contributed by atoms with van der Waals surface area (Å²) in [6.07, 6.45) is 7.06. The van der Waals surface area contributed by atoms with E-state index in [1.807, 2.05) is 18.3 Å². The number of rotatable bonds is 4. The molecule has 2 heterocycles. The van der Waals surface area contributed by atoms with Gasteiger partial charge in [-0.1, -0.05) is 25.8 Å². The summed E-state index contributed by atoms with van der Waals surface area (Å²) in [6.45, 7) is 8.61. The maximum atomic E-state index is 12.2. The van der Waals surface area contributed by atoms with Crippen LogP contribution in [-0.4, -0.2) is 42.4 Å². The van der Waals surface area contributed by atoms with Gasteiger partial charge in [-0.15, -0.1) is 0 Å². The summed E-state index contributed by atoms with van der Waals surface area (Å²) in [6, 6.07) is 4.29. The Balaban J connectivity index is 1.47. The molecule has 0 aromatic carbocycles. The van der Waals surface area contributed by atoms with Gasteiger partial charge in [-0.2, -0.15) is 0 Å². The fourth-order valence-electron chi connectivity index (χ4n) is 4.01. The molecule has 1 aliphatic carbocycles. The van der Waals surface area contributed by atoms with Crippen molar-refractivity contribution in [3.8, 4) is 0 Å². The molecule has 26 heavy (non-hydrogen) atoms. The fraction of sp³-hybridized carbons (Fsp3) is 0.700. The number of anilines is 1. The van der Waals surface area contributed by atoms with E-state index in [0.29, 0.717) is 18.5 Å². The van der Waals surface area contributed by atoms with Gasteiger partial charge in [0.25, 0.3) is 0 Å². The Morgan fingerprint density at radius 3 is 2.58 bits per heavy atom. The lowest BCUT2D eigenvalue weighted by Crippen LogP contribution is -2.46. The first-order chi connectivity index (χ1) is 12.5. The number of hydrogen-bond donors (Lipinski definition) is 2. The topological polar surface area (TPSA) is 66.5 Å². The molecule has 0 bridgehead atoms. The van der Waals surface area contributed by atoms with E-state index in [1.165, 1.54) is 19.3 Å². The van der Waals surface area contributed by atoms with Crippen molar-refractivity contribution >= 4 is 11.8 Å². The second-order valence-corrected chi connectivity index (χ2v) is 7.88. The monoisotopic (exact) mass is 360 g/mol. The Labute approximate surface area is 156 Å². The van der Waals surface area contributed by atoms with Crippen LogP contribution in [0.3, 0.4) is 0 Å². The Hall–Kier alpha value is -1.82. The van der Waals surface area contributed by atoms with E-state index < -0.39 is 0 Å². The first-order valence-corrected chi connectivity index (χ1v) is 9.91. The average Bonchev–Trinajstić information content (AvgIpc) is 2.61. The van der Waals surface area contributed by atoms with E-state index in [9.17, 15) is 4.79 Å². The number of urea groups is 1. The van der Waals surface area contributed by atoms with Crippen molar-refractivity contribution in [2.45, 2.75) is 71.2 Å². The van der Waals surface area contributed by atoms with E-state index >= 15 is 0 Å². The maximum absolute atomic E-state index is 12.2. The van der Waals surface area contributed by atoms with Gasteiger partial charge < -0.3 is 20.3 Å². The molecule has 144 valence electrons. The van der Waals surface area contributed by atoms with E-state index in [2.05, 4.69) is 41.3 Å². The predicted molar refractivity (Wildman–Crippen MR) is 103 cm³/mol. The highest BCUT2D eigenvalue weighted by Crippen LogP contribution is 2.23. The largest absolute Gasteiger partial charge is 0.372 e. The van der Waals surface area contributed by atoms with Gasteiger partial charge in [0.05, 0.1) is 12.2 Å². The smallest absolute Gasteiger partial charge is 0.315 e. The first kappa shape index (κ1) is 19.0. The number of pyridine rings is 1. The van der Waals surface area contributed by atoms with E-state index in [1.54, 1.807) is 0 Å². The molecule has 3 rings (SSSR count). The molecule has 2 N–H and O–H groups in total. The van der Waals surface area contributed by atoms with E-state index in [-0.39, 0.29) is 18.2 Å². The lowest BCUT2D eigenvalue weighted by molar-refractivity contribution is -0.00546. The molecular formula is C20H32N4O2. The Bertz CT molecular complexity index is 582. The number of amides is 2. The third-order valence-electron chi connectivity index (χ3n) is 5.43. The van der Waals surface area contributed by atoms with Crippen LogP contribution < -0.4 is 15.5 Å². The molecule has 1 aromatic heterocycles.